The number of rotatable bonds is 0. The maximum Gasteiger partial charge on any atom is 2.00 e. The van der Waals surface area contributed by atoms with Gasteiger partial charge in [-0.3, -0.25) is 0 Å². The van der Waals surface area contributed by atoms with Gasteiger partial charge >= 0.3 is 61.8 Å². The maximum absolute atomic E-state index is 0. The van der Waals surface area contributed by atoms with Crippen molar-refractivity contribution in [3.05, 3.63) is 0 Å². The average Bonchev–Trinajstić information content (AvgIpc) is 0. The van der Waals surface area contributed by atoms with Gasteiger partial charge in [0, 0.05) is 0 Å². The van der Waals surface area contributed by atoms with E-state index in [2.05, 4.69) is 0 Å². The Bertz CT molecular complexity index is 9.65. The average molecular weight is 835 g/mol. The van der Waals surface area contributed by atoms with E-state index in [-0.39, 0.29) is 158 Å². The molecule has 0 unspecified atom stereocenters. The molecule has 0 fully saturated rings. The molecule has 0 aromatic carbocycles. The molecule has 7 heavy (non-hydrogen) atoms. The van der Waals surface area contributed by atoms with E-state index in [1.54, 1.807) is 0 Å². The van der Waals surface area contributed by atoms with Crippen LogP contribution in [0, 0.1) is 0 Å². The molecule has 7 heteroatoms. The molecule has 0 N–H and O–H groups in total. The summed E-state index contributed by atoms with van der Waals surface area (Å²) < 4.78 is 0. The first-order valence-corrected chi connectivity index (χ1v) is 0. The van der Waals surface area contributed by atoms with Gasteiger partial charge in [-0.05, 0) is 0 Å². The Morgan fingerprint density at radius 1 is 0.429 bits per heavy atom. The molecule has 0 aliphatic heterocycles. The second-order valence-electron chi connectivity index (χ2n) is 0. The van der Waals surface area contributed by atoms with Crippen LogP contribution in [0.15, 0.2) is 0 Å². The predicted molar refractivity (Wildman–Crippen MR) is 0 cm³/mol. The summed E-state index contributed by atoms with van der Waals surface area (Å²) in [7, 11) is 0. The molecule has 0 aliphatic rings. The van der Waals surface area contributed by atoms with Crippen LogP contribution in [-0.2, 0) is 61.8 Å². The van der Waals surface area contributed by atoms with Crippen molar-refractivity contribution in [1.29, 1.82) is 0 Å². The van der Waals surface area contributed by atoms with Gasteiger partial charge in [-0.1, -0.05) is 0 Å². The van der Waals surface area contributed by atoms with Gasteiger partial charge in [-0.15, -0.1) is 0 Å². The molecular weight excluding hydrogens is 835 g/mol. The summed E-state index contributed by atoms with van der Waals surface area (Å²) in [6, 6.07) is 0. The first kappa shape index (κ1) is 58.9. The summed E-state index contributed by atoms with van der Waals surface area (Å²) in [5.41, 5.74) is 0. The smallest absolute Gasteiger partial charge is 1.00 e. The van der Waals surface area contributed by atoms with Gasteiger partial charge in [0.15, 0.2) is 0 Å². The van der Waals surface area contributed by atoms with E-state index in [1.807, 2.05) is 0 Å². The second kappa shape index (κ2) is 44.5. The molecule has 52 valence electrons. The summed E-state index contributed by atoms with van der Waals surface area (Å²) in [5.74, 6) is 0. The van der Waals surface area contributed by atoms with E-state index in [9.17, 15) is 0 Å². The van der Waals surface area contributed by atoms with Crippen molar-refractivity contribution < 1.29 is 158 Å². The normalized spacial score (nSPS) is 0. The molecule has 0 aromatic heterocycles. The fourth-order valence-corrected chi connectivity index (χ4v) is 0. The zero-order valence-electron chi connectivity index (χ0n) is 2.82. The molecule has 0 rings (SSSR count). The number of hydrogen-bond acceptors (Lipinski definition) is 0. The largest absolute Gasteiger partial charge is 2.00 e. The van der Waals surface area contributed by atoms with E-state index in [4.69, 9.17) is 0 Å². The topological polar surface area (TPSA) is 0 Å². The van der Waals surface area contributed by atoms with E-state index in [0.717, 1.165) is 0 Å². The molecule has 0 saturated heterocycles. The number of halogens is 4. The van der Waals surface area contributed by atoms with Crippen molar-refractivity contribution in [3.63, 3.8) is 0 Å². The van der Waals surface area contributed by atoms with Crippen molar-refractivity contribution in [1.82, 2.24) is 0 Å². The van der Waals surface area contributed by atoms with Crippen LogP contribution < -0.4 is 95.9 Å². The molecule has 0 aromatic rings. The zero-order valence-corrected chi connectivity index (χ0v) is 18.8. The Balaban J connectivity index is 0. The summed E-state index contributed by atoms with van der Waals surface area (Å²) >= 11 is 0. The minimum Gasteiger partial charge on any atom is -1.00 e. The number of hydrogen-bond donors (Lipinski definition) is 0. The Labute approximate surface area is 154 Å². The molecule has 0 amide bonds. The SMILES string of the molecule is [Cu+].[Cu+].[Hg+2].[I-].[I-].[I-].[I-]. The molecule has 0 nitrogen and oxygen atoms in total. The van der Waals surface area contributed by atoms with E-state index in [0.29, 0.717) is 0 Å². The third-order valence-electron chi connectivity index (χ3n) is 0. The van der Waals surface area contributed by atoms with Gasteiger partial charge in [-0.25, -0.2) is 0 Å². The van der Waals surface area contributed by atoms with Gasteiger partial charge < -0.3 is 95.9 Å². The Hall–Kier alpha value is 4.89. The van der Waals surface area contributed by atoms with E-state index >= 15 is 0 Å². The third-order valence-corrected chi connectivity index (χ3v) is 0. The van der Waals surface area contributed by atoms with Crippen LogP contribution in [0.1, 0.15) is 0 Å². The summed E-state index contributed by atoms with van der Waals surface area (Å²) in [5, 5.41) is 0. The molecule has 0 atom stereocenters. The molecule has 0 saturated carbocycles. The van der Waals surface area contributed by atoms with Crippen LogP contribution in [-0.4, -0.2) is 0 Å². The van der Waals surface area contributed by atoms with E-state index < -0.39 is 0 Å². The summed E-state index contributed by atoms with van der Waals surface area (Å²) in [6.07, 6.45) is 0. The predicted octanol–water partition coefficient (Wildman–Crippen LogP) is -12.0. The molecule has 0 aliphatic carbocycles. The molecule has 0 heterocycles. The van der Waals surface area contributed by atoms with E-state index in [1.165, 1.54) is 0 Å². The fourth-order valence-electron chi connectivity index (χ4n) is 0. The minimum absolute atomic E-state index is 0. The van der Waals surface area contributed by atoms with Gasteiger partial charge in [-0.2, -0.15) is 0 Å². The first-order valence-electron chi connectivity index (χ1n) is 0. The van der Waals surface area contributed by atoms with Crippen LogP contribution in [0.3, 0.4) is 0 Å². The monoisotopic (exact) mass is 835 g/mol. The minimum atomic E-state index is 0. The van der Waals surface area contributed by atoms with Crippen molar-refractivity contribution in [2.45, 2.75) is 0 Å². The molecular formula is Cu2HgI4. The van der Waals surface area contributed by atoms with Crippen LogP contribution in [0.25, 0.3) is 0 Å². The zero-order chi connectivity index (χ0) is 0. The van der Waals surface area contributed by atoms with Gasteiger partial charge in [0.1, 0.15) is 0 Å². The Kier molecular flexibility index (Phi) is 375. The third kappa shape index (κ3) is 36.0. The fraction of sp³-hybridized carbons (Fsp3) is 0. The molecule has 0 spiro atoms. The van der Waals surface area contributed by atoms with Crippen LogP contribution in [0.2, 0.25) is 0 Å². The van der Waals surface area contributed by atoms with Gasteiger partial charge in [0.05, 0.1) is 0 Å². The van der Waals surface area contributed by atoms with Crippen LogP contribution >= 0.6 is 0 Å². The van der Waals surface area contributed by atoms with Crippen molar-refractivity contribution in [2.24, 2.45) is 0 Å². The standard InChI is InChI=1S/2Cu.Hg.4HI/h;;;4*1H/q2*+1;+2;;;;/p-4. The quantitative estimate of drug-likeness (QED) is 0.168. The van der Waals surface area contributed by atoms with Gasteiger partial charge in [0.25, 0.3) is 0 Å². The van der Waals surface area contributed by atoms with Crippen LogP contribution in [0.5, 0.6) is 0 Å². The molecule has 0 radical (unpaired) electrons. The maximum atomic E-state index is 0. The Morgan fingerprint density at radius 2 is 0.429 bits per heavy atom. The summed E-state index contributed by atoms with van der Waals surface area (Å²) in [6.45, 7) is 0. The first-order chi connectivity index (χ1) is 0. The second-order valence-corrected chi connectivity index (χ2v) is 0. The summed E-state index contributed by atoms with van der Waals surface area (Å²) in [4.78, 5) is 0. The van der Waals surface area contributed by atoms with Crippen molar-refractivity contribution in [2.75, 3.05) is 0 Å². The van der Waals surface area contributed by atoms with Crippen LogP contribution in [0.4, 0.5) is 0 Å². The molecule has 0 bridgehead atoms. The van der Waals surface area contributed by atoms with Crippen molar-refractivity contribution >= 4 is 0 Å². The van der Waals surface area contributed by atoms with Crippen molar-refractivity contribution in [3.8, 4) is 0 Å². The Morgan fingerprint density at radius 3 is 0.429 bits per heavy atom. The van der Waals surface area contributed by atoms with Gasteiger partial charge in [0.2, 0.25) is 0 Å².